The van der Waals surface area contributed by atoms with E-state index < -0.39 is 29.3 Å². The number of carbonyl (C=O) groups excluding carboxylic acids is 1. The van der Waals surface area contributed by atoms with Gasteiger partial charge in [0.05, 0.1) is 18.2 Å². The van der Waals surface area contributed by atoms with Crippen molar-refractivity contribution >= 4 is 11.9 Å². The second kappa shape index (κ2) is 9.86. The van der Waals surface area contributed by atoms with Gasteiger partial charge in [0.25, 0.3) is 11.5 Å². The van der Waals surface area contributed by atoms with Crippen molar-refractivity contribution in [2.75, 3.05) is 0 Å². The zero-order chi connectivity index (χ0) is 24.1. The highest BCUT2D eigenvalue weighted by atomic mass is 19.1. The molecule has 0 aliphatic carbocycles. The van der Waals surface area contributed by atoms with E-state index in [4.69, 9.17) is 4.74 Å². The molecule has 0 bridgehead atoms. The highest BCUT2D eigenvalue weighted by Gasteiger charge is 2.21. The standard InChI is InChI=1S/C25H20FN3O5/c26-17-8-10-18(11-9-17)29-23(30)14-22(28-29)25(33)27-21(15-24(31)32)16-6-12-20(13-7-16)34-19-4-2-1-3-5-19/h1-14,21,28H,15H2,(H,27,33)(H,31,32). The molecular weight excluding hydrogens is 441 g/mol. The molecule has 0 spiro atoms. The number of carbonyl (C=O) groups is 2. The minimum absolute atomic E-state index is 0.0613. The second-order valence-corrected chi connectivity index (χ2v) is 7.43. The number of halogens is 1. The smallest absolute Gasteiger partial charge is 0.305 e. The molecule has 3 N–H and O–H groups in total. The van der Waals surface area contributed by atoms with Gasteiger partial charge in [0.15, 0.2) is 0 Å². The number of aromatic amines is 1. The SMILES string of the molecule is O=C(O)CC(NC(=O)c1cc(=O)n(-c2ccc(F)cc2)[nH]1)c1ccc(Oc2ccccc2)cc1. The highest BCUT2D eigenvalue weighted by molar-refractivity contribution is 5.92. The topological polar surface area (TPSA) is 113 Å². The fourth-order valence-corrected chi connectivity index (χ4v) is 3.35. The fourth-order valence-electron chi connectivity index (χ4n) is 3.35. The van der Waals surface area contributed by atoms with Gasteiger partial charge in [0.2, 0.25) is 0 Å². The first-order valence-corrected chi connectivity index (χ1v) is 10.3. The Bertz CT molecular complexity index is 1350. The molecule has 1 unspecified atom stereocenters. The maximum Gasteiger partial charge on any atom is 0.305 e. The molecule has 9 heteroatoms. The predicted octanol–water partition coefficient (Wildman–Crippen LogP) is 4.04. The van der Waals surface area contributed by atoms with Crippen LogP contribution in [0.15, 0.2) is 89.7 Å². The molecule has 0 saturated heterocycles. The summed E-state index contributed by atoms with van der Waals surface area (Å²) >= 11 is 0. The van der Waals surface area contributed by atoms with Crippen LogP contribution in [0.1, 0.15) is 28.5 Å². The summed E-state index contributed by atoms with van der Waals surface area (Å²) in [5, 5.41) is 14.6. The summed E-state index contributed by atoms with van der Waals surface area (Å²) in [4.78, 5) is 36.5. The third kappa shape index (κ3) is 5.39. The zero-order valence-electron chi connectivity index (χ0n) is 17.8. The van der Waals surface area contributed by atoms with E-state index in [1.165, 1.54) is 24.3 Å². The van der Waals surface area contributed by atoms with Crippen molar-refractivity contribution in [3.05, 3.63) is 112 Å². The molecule has 1 heterocycles. The summed E-state index contributed by atoms with van der Waals surface area (Å²) in [5.74, 6) is -1.02. The predicted molar refractivity (Wildman–Crippen MR) is 122 cm³/mol. The minimum Gasteiger partial charge on any atom is -0.481 e. The summed E-state index contributed by atoms with van der Waals surface area (Å²) in [5.41, 5.74) is 0.320. The van der Waals surface area contributed by atoms with Crippen molar-refractivity contribution in [2.45, 2.75) is 12.5 Å². The first-order chi connectivity index (χ1) is 16.4. The van der Waals surface area contributed by atoms with Crippen LogP contribution in [0.5, 0.6) is 11.5 Å². The lowest BCUT2D eigenvalue weighted by atomic mass is 10.0. The Labute approximate surface area is 193 Å². The van der Waals surface area contributed by atoms with E-state index in [0.29, 0.717) is 22.7 Å². The summed E-state index contributed by atoms with van der Waals surface area (Å²) < 4.78 is 20.0. The quantitative estimate of drug-likeness (QED) is 0.367. The Kier molecular flexibility index (Phi) is 6.54. The van der Waals surface area contributed by atoms with Crippen LogP contribution >= 0.6 is 0 Å². The molecule has 8 nitrogen and oxygen atoms in total. The molecule has 0 fully saturated rings. The number of aromatic nitrogens is 2. The van der Waals surface area contributed by atoms with Gasteiger partial charge in [-0.3, -0.25) is 19.5 Å². The van der Waals surface area contributed by atoms with Gasteiger partial charge in [-0.25, -0.2) is 9.07 Å². The number of para-hydroxylation sites is 1. The van der Waals surface area contributed by atoms with Crippen LogP contribution in [0.3, 0.4) is 0 Å². The monoisotopic (exact) mass is 461 g/mol. The molecule has 3 aromatic carbocycles. The number of carboxylic acid groups (broad SMARTS) is 1. The number of aliphatic carboxylic acids is 1. The van der Waals surface area contributed by atoms with Crippen LogP contribution in [0.2, 0.25) is 0 Å². The Morgan fingerprint density at radius 3 is 2.26 bits per heavy atom. The molecule has 0 radical (unpaired) electrons. The van der Waals surface area contributed by atoms with Gasteiger partial charge in [-0.15, -0.1) is 0 Å². The van der Waals surface area contributed by atoms with E-state index in [0.717, 1.165) is 10.7 Å². The molecule has 172 valence electrons. The lowest BCUT2D eigenvalue weighted by Crippen LogP contribution is -2.30. The van der Waals surface area contributed by atoms with Crippen molar-refractivity contribution in [3.8, 4) is 17.2 Å². The van der Waals surface area contributed by atoms with Crippen LogP contribution in [0.4, 0.5) is 4.39 Å². The van der Waals surface area contributed by atoms with Gasteiger partial charge in [-0.2, -0.15) is 0 Å². The molecule has 34 heavy (non-hydrogen) atoms. The molecule has 4 rings (SSSR count). The van der Waals surface area contributed by atoms with Crippen LogP contribution in [-0.4, -0.2) is 26.8 Å². The first-order valence-electron chi connectivity index (χ1n) is 10.3. The van der Waals surface area contributed by atoms with Crippen molar-refractivity contribution in [1.82, 2.24) is 15.1 Å². The Morgan fingerprint density at radius 1 is 0.971 bits per heavy atom. The number of amides is 1. The fraction of sp³-hybridized carbons (Fsp3) is 0.0800. The molecule has 1 amide bonds. The zero-order valence-corrected chi connectivity index (χ0v) is 17.8. The lowest BCUT2D eigenvalue weighted by molar-refractivity contribution is -0.137. The van der Waals surface area contributed by atoms with Crippen molar-refractivity contribution in [2.24, 2.45) is 0 Å². The van der Waals surface area contributed by atoms with Crippen LogP contribution in [0, 0.1) is 5.82 Å². The summed E-state index contributed by atoms with van der Waals surface area (Å²) in [6.45, 7) is 0. The average molecular weight is 461 g/mol. The number of carboxylic acids is 1. The van der Waals surface area contributed by atoms with Gasteiger partial charge >= 0.3 is 5.97 Å². The van der Waals surface area contributed by atoms with Gasteiger partial charge in [0, 0.05) is 6.07 Å². The van der Waals surface area contributed by atoms with Crippen LogP contribution in [-0.2, 0) is 4.79 Å². The maximum atomic E-state index is 13.2. The molecule has 0 aliphatic heterocycles. The van der Waals surface area contributed by atoms with Gasteiger partial charge < -0.3 is 15.2 Å². The van der Waals surface area contributed by atoms with E-state index in [9.17, 15) is 23.9 Å². The van der Waals surface area contributed by atoms with Crippen LogP contribution < -0.4 is 15.6 Å². The largest absolute Gasteiger partial charge is 0.481 e. The normalized spacial score (nSPS) is 11.6. The number of H-pyrrole nitrogens is 1. The first kappa shape index (κ1) is 22.5. The van der Waals surface area contributed by atoms with E-state index in [-0.39, 0.29) is 12.1 Å². The maximum absolute atomic E-state index is 13.2. The number of nitrogens with one attached hydrogen (secondary N) is 2. The molecule has 1 atom stereocenters. The lowest BCUT2D eigenvalue weighted by Gasteiger charge is -2.17. The Morgan fingerprint density at radius 2 is 1.62 bits per heavy atom. The van der Waals surface area contributed by atoms with Crippen molar-refractivity contribution in [3.63, 3.8) is 0 Å². The minimum atomic E-state index is -1.10. The van der Waals surface area contributed by atoms with E-state index >= 15 is 0 Å². The average Bonchev–Trinajstić information content (AvgIpc) is 3.22. The number of nitrogens with zero attached hydrogens (tertiary/aromatic N) is 1. The van der Waals surface area contributed by atoms with Crippen LogP contribution in [0.25, 0.3) is 5.69 Å². The summed E-state index contributed by atoms with van der Waals surface area (Å²) in [6.07, 6.45) is -0.368. The van der Waals surface area contributed by atoms with Gasteiger partial charge in [0.1, 0.15) is 23.0 Å². The van der Waals surface area contributed by atoms with Gasteiger partial charge in [-0.1, -0.05) is 30.3 Å². The number of rotatable bonds is 8. The number of benzene rings is 3. The highest BCUT2D eigenvalue weighted by Crippen LogP contribution is 2.25. The van der Waals surface area contributed by atoms with E-state index in [1.807, 2.05) is 18.2 Å². The molecular formula is C25H20FN3O5. The Balaban J connectivity index is 1.52. The van der Waals surface area contributed by atoms with Crippen molar-refractivity contribution < 1.29 is 23.8 Å². The molecule has 4 aromatic rings. The number of ether oxygens (including phenoxy) is 1. The molecule has 0 saturated carbocycles. The third-order valence-electron chi connectivity index (χ3n) is 5.00. The van der Waals surface area contributed by atoms with Crippen molar-refractivity contribution in [1.29, 1.82) is 0 Å². The van der Waals surface area contributed by atoms with E-state index in [1.54, 1.807) is 36.4 Å². The molecule has 0 aliphatic rings. The summed E-state index contributed by atoms with van der Waals surface area (Å²) in [6, 6.07) is 21.3. The summed E-state index contributed by atoms with van der Waals surface area (Å²) in [7, 11) is 0. The number of hydrogen-bond acceptors (Lipinski definition) is 4. The van der Waals surface area contributed by atoms with Gasteiger partial charge in [-0.05, 0) is 54.1 Å². The third-order valence-corrected chi connectivity index (χ3v) is 5.00. The second-order valence-electron chi connectivity index (χ2n) is 7.43. The van der Waals surface area contributed by atoms with E-state index in [2.05, 4.69) is 10.4 Å². The molecule has 1 aromatic heterocycles. The number of hydrogen-bond donors (Lipinski definition) is 3. The Hall–Kier alpha value is -4.66.